The van der Waals surface area contributed by atoms with Gasteiger partial charge < -0.3 is 5.32 Å². The van der Waals surface area contributed by atoms with E-state index in [9.17, 15) is 14.9 Å². The van der Waals surface area contributed by atoms with Gasteiger partial charge in [-0.3, -0.25) is 14.9 Å². The average molecular weight is 303 g/mol. The predicted molar refractivity (Wildman–Crippen MR) is 81.6 cm³/mol. The van der Waals surface area contributed by atoms with Crippen molar-refractivity contribution in [3.05, 3.63) is 81.5 Å². The minimum Gasteiger partial charge on any atom is -0.356 e. The lowest BCUT2D eigenvalue weighted by Crippen LogP contribution is -1.98. The van der Waals surface area contributed by atoms with Gasteiger partial charge in [0.25, 0.3) is 5.69 Å². The standard InChI is InChI=1S/C15H11ClN2O3/c16-12-7-5-11(6-8-12)15(19)9-10-17-13-3-1-2-4-14(13)18(20)21/h1-10,17H/b10-9-. The maximum absolute atomic E-state index is 11.9. The van der Waals surface area contributed by atoms with Crippen LogP contribution in [0.4, 0.5) is 11.4 Å². The van der Waals surface area contributed by atoms with Crippen molar-refractivity contribution in [1.82, 2.24) is 0 Å². The zero-order chi connectivity index (χ0) is 15.2. The molecule has 5 nitrogen and oxygen atoms in total. The molecule has 0 saturated heterocycles. The van der Waals surface area contributed by atoms with Crippen LogP contribution in [0, 0.1) is 10.1 Å². The molecule has 106 valence electrons. The second-order valence-corrected chi connectivity index (χ2v) is 4.56. The lowest BCUT2D eigenvalue weighted by Gasteiger charge is -2.01. The van der Waals surface area contributed by atoms with E-state index in [0.29, 0.717) is 16.3 Å². The van der Waals surface area contributed by atoms with Crippen molar-refractivity contribution in [2.75, 3.05) is 5.32 Å². The molecule has 0 atom stereocenters. The maximum atomic E-state index is 11.9. The quantitative estimate of drug-likeness (QED) is 0.391. The number of allylic oxidation sites excluding steroid dienone is 1. The summed E-state index contributed by atoms with van der Waals surface area (Å²) in [4.78, 5) is 22.2. The molecule has 2 aromatic carbocycles. The summed E-state index contributed by atoms with van der Waals surface area (Å²) in [6.07, 6.45) is 2.68. The summed E-state index contributed by atoms with van der Waals surface area (Å²) in [7, 11) is 0. The third-order valence-electron chi connectivity index (χ3n) is 2.70. The van der Waals surface area contributed by atoms with Gasteiger partial charge >= 0.3 is 0 Å². The van der Waals surface area contributed by atoms with Gasteiger partial charge in [0.1, 0.15) is 5.69 Å². The van der Waals surface area contributed by atoms with E-state index < -0.39 is 4.92 Å². The molecule has 0 aromatic heterocycles. The number of carbonyl (C=O) groups is 1. The molecule has 21 heavy (non-hydrogen) atoms. The molecule has 0 aliphatic rings. The fourth-order valence-corrected chi connectivity index (χ4v) is 1.80. The minimum absolute atomic E-state index is 0.0545. The summed E-state index contributed by atoms with van der Waals surface area (Å²) in [5.74, 6) is -0.224. The lowest BCUT2D eigenvalue weighted by molar-refractivity contribution is -0.383. The van der Waals surface area contributed by atoms with Gasteiger partial charge in [0, 0.05) is 28.9 Å². The number of halogens is 1. The Hall–Kier alpha value is -2.66. The number of rotatable bonds is 5. The van der Waals surface area contributed by atoms with E-state index in [4.69, 9.17) is 11.6 Å². The van der Waals surface area contributed by atoms with Crippen LogP contribution in [0.1, 0.15) is 10.4 Å². The second-order valence-electron chi connectivity index (χ2n) is 4.12. The predicted octanol–water partition coefficient (Wildman–Crippen LogP) is 4.06. The number of para-hydroxylation sites is 2. The largest absolute Gasteiger partial charge is 0.356 e. The Balaban J connectivity index is 2.07. The number of nitrogens with zero attached hydrogens (tertiary/aromatic N) is 1. The Kier molecular flexibility index (Phi) is 4.68. The van der Waals surface area contributed by atoms with E-state index in [2.05, 4.69) is 5.32 Å². The van der Waals surface area contributed by atoms with Gasteiger partial charge in [0.15, 0.2) is 5.78 Å². The molecule has 0 unspecified atom stereocenters. The molecule has 0 saturated carbocycles. The van der Waals surface area contributed by atoms with Crippen LogP contribution in [0.3, 0.4) is 0 Å². The fraction of sp³-hybridized carbons (Fsp3) is 0. The fourth-order valence-electron chi connectivity index (χ4n) is 1.67. The number of nitro groups is 1. The van der Waals surface area contributed by atoms with Gasteiger partial charge in [-0.15, -0.1) is 0 Å². The van der Waals surface area contributed by atoms with Crippen LogP contribution in [-0.2, 0) is 0 Å². The smallest absolute Gasteiger partial charge is 0.292 e. The third-order valence-corrected chi connectivity index (χ3v) is 2.96. The van der Waals surface area contributed by atoms with Crippen LogP contribution in [-0.4, -0.2) is 10.7 Å². The molecular weight excluding hydrogens is 292 g/mol. The highest BCUT2D eigenvalue weighted by atomic mass is 35.5. The molecule has 0 bridgehead atoms. The van der Waals surface area contributed by atoms with Gasteiger partial charge in [0.2, 0.25) is 0 Å². The van der Waals surface area contributed by atoms with Crippen molar-refractivity contribution in [1.29, 1.82) is 0 Å². The first-order chi connectivity index (χ1) is 10.1. The topological polar surface area (TPSA) is 72.2 Å². The summed E-state index contributed by atoms with van der Waals surface area (Å²) < 4.78 is 0. The molecule has 0 aliphatic carbocycles. The van der Waals surface area contributed by atoms with Crippen LogP contribution in [0.5, 0.6) is 0 Å². The summed E-state index contributed by atoms with van der Waals surface area (Å²) >= 11 is 5.74. The molecule has 2 aromatic rings. The van der Waals surface area contributed by atoms with Gasteiger partial charge in [-0.05, 0) is 30.3 Å². The first kappa shape index (κ1) is 14.7. The summed E-state index contributed by atoms with van der Waals surface area (Å²) in [6, 6.07) is 12.7. The SMILES string of the molecule is O=C(/C=C\Nc1ccccc1[N+](=O)[O-])c1ccc(Cl)cc1. The Bertz CT molecular complexity index is 696. The number of hydrogen-bond donors (Lipinski definition) is 1. The Morgan fingerprint density at radius 3 is 2.48 bits per heavy atom. The van der Waals surface area contributed by atoms with E-state index in [1.54, 1.807) is 42.5 Å². The average Bonchev–Trinajstić information content (AvgIpc) is 2.48. The molecule has 0 amide bonds. The third kappa shape index (κ3) is 3.90. The molecule has 0 fully saturated rings. The number of nitro benzene ring substituents is 1. The van der Waals surface area contributed by atoms with Crippen molar-refractivity contribution >= 4 is 28.8 Å². The number of hydrogen-bond acceptors (Lipinski definition) is 4. The lowest BCUT2D eigenvalue weighted by atomic mass is 10.1. The molecular formula is C15H11ClN2O3. The van der Waals surface area contributed by atoms with Crippen LogP contribution < -0.4 is 5.32 Å². The van der Waals surface area contributed by atoms with E-state index in [-0.39, 0.29) is 11.5 Å². The monoisotopic (exact) mass is 302 g/mol. The van der Waals surface area contributed by atoms with Gasteiger partial charge in [-0.2, -0.15) is 0 Å². The van der Waals surface area contributed by atoms with Crippen LogP contribution in [0.2, 0.25) is 5.02 Å². The molecule has 6 heteroatoms. The molecule has 0 radical (unpaired) electrons. The van der Waals surface area contributed by atoms with Crippen molar-refractivity contribution < 1.29 is 9.72 Å². The number of nitrogens with one attached hydrogen (secondary N) is 1. The van der Waals surface area contributed by atoms with E-state index in [1.165, 1.54) is 18.3 Å². The molecule has 0 spiro atoms. The van der Waals surface area contributed by atoms with Gasteiger partial charge in [0.05, 0.1) is 4.92 Å². The summed E-state index contributed by atoms with van der Waals surface area (Å²) in [5.41, 5.74) is 0.753. The summed E-state index contributed by atoms with van der Waals surface area (Å²) in [5, 5.41) is 14.1. The highest BCUT2D eigenvalue weighted by Crippen LogP contribution is 2.23. The van der Waals surface area contributed by atoms with Crippen LogP contribution in [0.25, 0.3) is 0 Å². The zero-order valence-corrected chi connectivity index (χ0v) is 11.6. The van der Waals surface area contributed by atoms with E-state index in [0.717, 1.165) is 0 Å². The van der Waals surface area contributed by atoms with E-state index in [1.807, 2.05) is 0 Å². The summed E-state index contributed by atoms with van der Waals surface area (Å²) in [6.45, 7) is 0. The van der Waals surface area contributed by atoms with Crippen molar-refractivity contribution in [3.63, 3.8) is 0 Å². The van der Waals surface area contributed by atoms with E-state index >= 15 is 0 Å². The van der Waals surface area contributed by atoms with Crippen molar-refractivity contribution in [2.45, 2.75) is 0 Å². The molecule has 1 N–H and O–H groups in total. The minimum atomic E-state index is -0.489. The highest BCUT2D eigenvalue weighted by molar-refractivity contribution is 6.30. The number of carbonyl (C=O) groups excluding carboxylic acids is 1. The maximum Gasteiger partial charge on any atom is 0.292 e. The van der Waals surface area contributed by atoms with Crippen LogP contribution >= 0.6 is 11.6 Å². The number of ketones is 1. The number of benzene rings is 2. The normalized spacial score (nSPS) is 10.5. The Morgan fingerprint density at radius 2 is 1.81 bits per heavy atom. The van der Waals surface area contributed by atoms with Crippen LogP contribution in [0.15, 0.2) is 60.8 Å². The number of anilines is 1. The van der Waals surface area contributed by atoms with Gasteiger partial charge in [-0.1, -0.05) is 23.7 Å². The zero-order valence-electron chi connectivity index (χ0n) is 10.8. The first-order valence-corrected chi connectivity index (χ1v) is 6.42. The van der Waals surface area contributed by atoms with Crippen molar-refractivity contribution in [2.24, 2.45) is 0 Å². The highest BCUT2D eigenvalue weighted by Gasteiger charge is 2.10. The Morgan fingerprint density at radius 1 is 1.14 bits per heavy atom. The molecule has 2 rings (SSSR count). The van der Waals surface area contributed by atoms with Gasteiger partial charge in [-0.25, -0.2) is 0 Å². The first-order valence-electron chi connectivity index (χ1n) is 6.04. The molecule has 0 aliphatic heterocycles. The Labute approximate surface area is 126 Å². The molecule has 0 heterocycles. The van der Waals surface area contributed by atoms with Crippen molar-refractivity contribution in [3.8, 4) is 0 Å². The second kappa shape index (κ2) is 6.67.